The fraction of sp³-hybridized carbons (Fsp3) is 0. The van der Waals surface area contributed by atoms with E-state index < -0.39 is 10.9 Å². The molecule has 0 aliphatic heterocycles. The van der Waals surface area contributed by atoms with E-state index >= 15 is 0 Å². The first-order valence-electron chi connectivity index (χ1n) is 6.09. The number of hydrogen-bond acceptors (Lipinski definition) is 4. The van der Waals surface area contributed by atoms with Gasteiger partial charge < -0.3 is 5.11 Å². The summed E-state index contributed by atoms with van der Waals surface area (Å²) in [6.07, 6.45) is 2.27. The van der Waals surface area contributed by atoms with Crippen LogP contribution in [0.4, 0.5) is 5.69 Å². The van der Waals surface area contributed by atoms with Crippen molar-refractivity contribution in [1.82, 2.24) is 0 Å². The summed E-state index contributed by atoms with van der Waals surface area (Å²) in [5.41, 5.74) is 0.402. The maximum Gasteiger partial charge on any atom is 0.328 e. The summed E-state index contributed by atoms with van der Waals surface area (Å²) >= 11 is 4.68. The second kappa shape index (κ2) is 7.24. The predicted octanol–water partition coefficient (Wildman–Crippen LogP) is 4.61. The summed E-state index contributed by atoms with van der Waals surface area (Å²) in [7, 11) is 0. The zero-order valence-electron chi connectivity index (χ0n) is 11.1. The van der Waals surface area contributed by atoms with Gasteiger partial charge in [-0.05, 0) is 45.8 Å². The maximum atomic E-state index is 11.2. The summed E-state index contributed by atoms with van der Waals surface area (Å²) in [6, 6.07) is 12.0. The molecule has 1 N–H and O–H groups in total. The van der Waals surface area contributed by atoms with E-state index in [9.17, 15) is 14.9 Å². The van der Waals surface area contributed by atoms with Gasteiger partial charge in [0.1, 0.15) is 0 Å². The van der Waals surface area contributed by atoms with E-state index in [2.05, 4.69) is 15.9 Å². The number of rotatable bonds is 5. The molecule has 0 spiro atoms. The minimum Gasteiger partial charge on any atom is -0.478 e. The lowest BCUT2D eigenvalue weighted by molar-refractivity contribution is -0.387. The van der Waals surface area contributed by atoms with Gasteiger partial charge in [-0.25, -0.2) is 4.79 Å². The molecule has 5 nitrogen and oxygen atoms in total. The zero-order valence-corrected chi connectivity index (χ0v) is 13.5. The van der Waals surface area contributed by atoms with Crippen LogP contribution in [0.15, 0.2) is 62.8 Å². The largest absolute Gasteiger partial charge is 0.478 e. The van der Waals surface area contributed by atoms with Crippen LogP contribution in [0.1, 0.15) is 5.56 Å². The Morgan fingerprint density at radius 2 is 1.95 bits per heavy atom. The van der Waals surface area contributed by atoms with Crippen molar-refractivity contribution in [3.05, 3.63) is 68.7 Å². The van der Waals surface area contributed by atoms with Gasteiger partial charge in [0.2, 0.25) is 0 Å². The topological polar surface area (TPSA) is 80.4 Å². The van der Waals surface area contributed by atoms with E-state index in [-0.39, 0.29) is 5.69 Å². The number of nitro benzene ring substituents is 1. The van der Waals surface area contributed by atoms with Crippen molar-refractivity contribution in [3.63, 3.8) is 0 Å². The molecule has 0 saturated heterocycles. The Labute approximate surface area is 138 Å². The predicted molar refractivity (Wildman–Crippen MR) is 88.0 cm³/mol. The highest BCUT2D eigenvalue weighted by Crippen LogP contribution is 2.38. The molecule has 0 aromatic heterocycles. The van der Waals surface area contributed by atoms with Crippen molar-refractivity contribution >= 4 is 45.4 Å². The van der Waals surface area contributed by atoms with Crippen LogP contribution in [0.3, 0.4) is 0 Å². The van der Waals surface area contributed by atoms with Crippen LogP contribution >= 0.6 is 27.7 Å². The van der Waals surface area contributed by atoms with Crippen LogP contribution in [0.5, 0.6) is 0 Å². The summed E-state index contributed by atoms with van der Waals surface area (Å²) < 4.78 is 0.851. The number of carboxylic acid groups (broad SMARTS) is 1. The van der Waals surface area contributed by atoms with E-state index in [1.165, 1.54) is 23.9 Å². The molecule has 22 heavy (non-hydrogen) atoms. The van der Waals surface area contributed by atoms with E-state index in [0.29, 0.717) is 10.5 Å². The van der Waals surface area contributed by atoms with Gasteiger partial charge >= 0.3 is 5.97 Å². The summed E-state index contributed by atoms with van der Waals surface area (Å²) in [5.74, 6) is -1.10. The lowest BCUT2D eigenvalue weighted by Crippen LogP contribution is -1.92. The van der Waals surface area contributed by atoms with Crippen LogP contribution in [0.2, 0.25) is 0 Å². The number of hydrogen-bond donors (Lipinski definition) is 1. The molecular formula is C15H10BrNO4S. The molecule has 2 rings (SSSR count). The number of nitrogens with zero attached hydrogens (tertiary/aromatic N) is 1. The standard InChI is InChI=1S/C15H10BrNO4S/c16-11-3-1-2-4-13(11)22-14-7-5-10(6-8-15(18)19)9-12(14)17(20)21/h1-9H,(H,18,19)/b8-6-. The number of carbonyl (C=O) groups is 1. The van der Waals surface area contributed by atoms with Gasteiger partial charge in [0.25, 0.3) is 5.69 Å². The highest BCUT2D eigenvalue weighted by Gasteiger charge is 2.16. The molecule has 2 aromatic carbocycles. The van der Waals surface area contributed by atoms with Crippen molar-refractivity contribution in [1.29, 1.82) is 0 Å². The van der Waals surface area contributed by atoms with E-state index in [1.807, 2.05) is 24.3 Å². The van der Waals surface area contributed by atoms with Gasteiger partial charge in [0.05, 0.1) is 9.82 Å². The maximum absolute atomic E-state index is 11.2. The number of benzene rings is 2. The SMILES string of the molecule is O=C(O)/C=C\c1ccc(Sc2ccccc2Br)c([N+](=O)[O-])c1. The Kier molecular flexibility index (Phi) is 5.35. The molecular weight excluding hydrogens is 370 g/mol. The Morgan fingerprint density at radius 3 is 2.59 bits per heavy atom. The average Bonchev–Trinajstić information content (AvgIpc) is 2.48. The van der Waals surface area contributed by atoms with Gasteiger partial charge in [0, 0.05) is 21.5 Å². The zero-order chi connectivity index (χ0) is 16.1. The number of aliphatic carboxylic acids is 1. The Hall–Kier alpha value is -2.12. The summed E-state index contributed by atoms with van der Waals surface area (Å²) in [6.45, 7) is 0. The molecule has 0 saturated carbocycles. The third-order valence-corrected chi connectivity index (χ3v) is 4.75. The van der Waals surface area contributed by atoms with E-state index in [0.717, 1.165) is 15.4 Å². The third-order valence-electron chi connectivity index (χ3n) is 2.65. The van der Waals surface area contributed by atoms with E-state index in [1.54, 1.807) is 12.1 Å². The minimum atomic E-state index is -1.10. The van der Waals surface area contributed by atoms with Gasteiger partial charge in [-0.3, -0.25) is 10.1 Å². The molecule has 0 aliphatic rings. The fourth-order valence-corrected chi connectivity index (χ4v) is 3.13. The molecule has 2 aromatic rings. The first kappa shape index (κ1) is 16.3. The van der Waals surface area contributed by atoms with Crippen LogP contribution in [-0.2, 0) is 4.79 Å². The van der Waals surface area contributed by atoms with Gasteiger partial charge in [-0.1, -0.05) is 30.0 Å². The van der Waals surface area contributed by atoms with Crippen LogP contribution in [0, 0.1) is 10.1 Å². The monoisotopic (exact) mass is 379 g/mol. The minimum absolute atomic E-state index is 0.0618. The van der Waals surface area contributed by atoms with E-state index in [4.69, 9.17) is 5.11 Å². The summed E-state index contributed by atoms with van der Waals surface area (Å²) in [5, 5.41) is 19.8. The molecule has 0 bridgehead atoms. The highest BCUT2D eigenvalue weighted by atomic mass is 79.9. The Balaban J connectivity index is 2.37. The third kappa shape index (κ3) is 4.19. The summed E-state index contributed by atoms with van der Waals surface area (Å²) in [4.78, 5) is 22.6. The van der Waals surface area contributed by atoms with Gasteiger partial charge in [-0.15, -0.1) is 0 Å². The molecule has 0 heterocycles. The van der Waals surface area contributed by atoms with Crippen LogP contribution in [-0.4, -0.2) is 16.0 Å². The Bertz CT molecular complexity index is 761. The van der Waals surface area contributed by atoms with Crippen molar-refractivity contribution in [2.24, 2.45) is 0 Å². The molecule has 7 heteroatoms. The smallest absolute Gasteiger partial charge is 0.328 e. The van der Waals surface area contributed by atoms with Crippen LogP contribution < -0.4 is 0 Å². The first-order chi connectivity index (χ1) is 10.5. The normalized spacial score (nSPS) is 10.8. The van der Waals surface area contributed by atoms with Crippen molar-refractivity contribution < 1.29 is 14.8 Å². The molecule has 0 radical (unpaired) electrons. The molecule has 0 aliphatic carbocycles. The lowest BCUT2D eigenvalue weighted by atomic mass is 10.2. The molecule has 112 valence electrons. The van der Waals surface area contributed by atoms with Crippen LogP contribution in [0.25, 0.3) is 6.08 Å². The quantitative estimate of drug-likeness (QED) is 0.466. The molecule has 0 fully saturated rings. The van der Waals surface area contributed by atoms with Gasteiger partial charge in [0.15, 0.2) is 0 Å². The Morgan fingerprint density at radius 1 is 1.23 bits per heavy atom. The average molecular weight is 380 g/mol. The fourth-order valence-electron chi connectivity index (χ4n) is 1.68. The van der Waals surface area contributed by atoms with Crippen molar-refractivity contribution in [2.45, 2.75) is 9.79 Å². The van der Waals surface area contributed by atoms with Gasteiger partial charge in [-0.2, -0.15) is 0 Å². The van der Waals surface area contributed by atoms with Crippen molar-refractivity contribution in [3.8, 4) is 0 Å². The first-order valence-corrected chi connectivity index (χ1v) is 7.70. The number of nitro groups is 1. The highest BCUT2D eigenvalue weighted by molar-refractivity contribution is 9.10. The molecule has 0 amide bonds. The second-order valence-electron chi connectivity index (χ2n) is 4.19. The van der Waals surface area contributed by atoms with Crippen molar-refractivity contribution in [2.75, 3.05) is 0 Å². The number of carboxylic acids is 1. The lowest BCUT2D eigenvalue weighted by Gasteiger charge is -2.05. The second-order valence-corrected chi connectivity index (χ2v) is 6.13. The molecule has 0 unspecified atom stereocenters. The molecule has 0 atom stereocenters. The number of halogens is 1.